The number of hydrogen-bond acceptors (Lipinski definition) is 3. The van der Waals surface area contributed by atoms with Gasteiger partial charge in [-0.2, -0.15) is 9.89 Å². The molecule has 2 rings (SSSR count). The first-order valence-corrected chi connectivity index (χ1v) is 5.97. The minimum Gasteiger partial charge on any atom is -0.206 e. The molecular weight excluding hydrogens is 190 g/mol. The first-order chi connectivity index (χ1) is 6.04. The molecule has 5 nitrogen and oxygen atoms in total. The highest BCUT2D eigenvalue weighted by molar-refractivity contribution is 7.91. The zero-order chi connectivity index (χ0) is 9.47. The van der Waals surface area contributed by atoms with Crippen molar-refractivity contribution in [3.8, 4) is 0 Å². The molecule has 0 unspecified atom stereocenters. The monoisotopic (exact) mass is 201 g/mol. The van der Waals surface area contributed by atoms with Gasteiger partial charge in [0, 0.05) is 12.1 Å². The average Bonchev–Trinajstić information content (AvgIpc) is 2.72. The molecule has 1 N–H and O–H groups in total. The minimum atomic E-state index is -3.22. The van der Waals surface area contributed by atoms with E-state index in [1.807, 2.05) is 6.07 Å². The molecule has 0 radical (unpaired) electrons. The van der Waals surface area contributed by atoms with Crippen molar-refractivity contribution in [2.75, 3.05) is 11.1 Å². The predicted octanol–water partition coefficient (Wildman–Crippen LogP) is 0.264. The summed E-state index contributed by atoms with van der Waals surface area (Å²) in [6.45, 7) is 0. The standard InChI is InChI=1S/C7H11N3O2S/c1-13(11,12)9-10-5-4-7(8-10)6-2-3-6/h4-6,9H,2-3H2,1H3. The van der Waals surface area contributed by atoms with E-state index in [0.717, 1.165) is 24.8 Å². The predicted molar refractivity (Wildman–Crippen MR) is 48.4 cm³/mol. The Kier molecular flexibility index (Phi) is 1.80. The molecule has 1 aliphatic rings. The number of aromatic nitrogens is 2. The van der Waals surface area contributed by atoms with Crippen LogP contribution < -0.4 is 4.83 Å². The van der Waals surface area contributed by atoms with Crippen LogP contribution in [0.5, 0.6) is 0 Å². The molecule has 13 heavy (non-hydrogen) atoms. The van der Waals surface area contributed by atoms with Gasteiger partial charge in [-0.05, 0) is 18.9 Å². The van der Waals surface area contributed by atoms with Crippen LogP contribution in [0.4, 0.5) is 0 Å². The number of nitrogens with one attached hydrogen (secondary N) is 1. The van der Waals surface area contributed by atoms with Crippen LogP contribution >= 0.6 is 0 Å². The molecule has 0 spiro atoms. The number of rotatable bonds is 3. The lowest BCUT2D eigenvalue weighted by Gasteiger charge is -2.01. The highest BCUT2D eigenvalue weighted by Gasteiger charge is 2.25. The largest absolute Gasteiger partial charge is 0.244 e. The molecule has 0 bridgehead atoms. The third-order valence-corrected chi connectivity index (χ3v) is 2.38. The molecule has 1 saturated carbocycles. The van der Waals surface area contributed by atoms with Gasteiger partial charge in [-0.15, -0.1) is 0 Å². The fourth-order valence-electron chi connectivity index (χ4n) is 1.16. The van der Waals surface area contributed by atoms with Crippen molar-refractivity contribution < 1.29 is 8.42 Å². The quantitative estimate of drug-likeness (QED) is 0.763. The molecule has 1 heterocycles. The molecule has 72 valence electrons. The lowest BCUT2D eigenvalue weighted by molar-refractivity contribution is 0.597. The molecule has 0 aromatic carbocycles. The van der Waals surface area contributed by atoms with Crippen LogP contribution in [0.15, 0.2) is 12.3 Å². The van der Waals surface area contributed by atoms with Crippen LogP contribution in [0.2, 0.25) is 0 Å². The topological polar surface area (TPSA) is 64.0 Å². The van der Waals surface area contributed by atoms with Crippen molar-refractivity contribution in [2.24, 2.45) is 0 Å². The summed E-state index contributed by atoms with van der Waals surface area (Å²) in [7, 11) is -3.22. The maximum atomic E-state index is 10.8. The number of sulfonamides is 1. The van der Waals surface area contributed by atoms with Gasteiger partial charge in [-0.25, -0.2) is 13.2 Å². The van der Waals surface area contributed by atoms with Gasteiger partial charge in [0.1, 0.15) is 0 Å². The van der Waals surface area contributed by atoms with Gasteiger partial charge in [0.05, 0.1) is 11.9 Å². The summed E-state index contributed by atoms with van der Waals surface area (Å²) in [5, 5.41) is 4.08. The van der Waals surface area contributed by atoms with E-state index in [9.17, 15) is 8.42 Å². The normalized spacial score (nSPS) is 17.3. The van der Waals surface area contributed by atoms with Gasteiger partial charge in [-0.1, -0.05) is 0 Å². The van der Waals surface area contributed by atoms with Gasteiger partial charge in [0.2, 0.25) is 10.0 Å². The minimum absolute atomic E-state index is 0.544. The fourth-order valence-corrected chi connectivity index (χ4v) is 1.60. The molecule has 1 fully saturated rings. The van der Waals surface area contributed by atoms with Gasteiger partial charge >= 0.3 is 0 Å². The zero-order valence-electron chi connectivity index (χ0n) is 7.27. The van der Waals surface area contributed by atoms with Crippen LogP contribution in [-0.2, 0) is 10.0 Å². The Morgan fingerprint density at radius 1 is 1.62 bits per heavy atom. The van der Waals surface area contributed by atoms with E-state index in [1.54, 1.807) is 6.20 Å². The van der Waals surface area contributed by atoms with Crippen LogP contribution in [0, 0.1) is 0 Å². The third kappa shape index (κ3) is 2.21. The van der Waals surface area contributed by atoms with Crippen molar-refractivity contribution in [3.63, 3.8) is 0 Å². The maximum Gasteiger partial charge on any atom is 0.244 e. The van der Waals surface area contributed by atoms with Crippen molar-refractivity contribution in [3.05, 3.63) is 18.0 Å². The SMILES string of the molecule is CS(=O)(=O)Nn1ccc(C2CC2)n1. The van der Waals surface area contributed by atoms with Gasteiger partial charge in [-0.3, -0.25) is 0 Å². The number of nitrogens with zero attached hydrogens (tertiary/aromatic N) is 2. The van der Waals surface area contributed by atoms with Crippen LogP contribution in [0.25, 0.3) is 0 Å². The molecule has 1 aromatic heterocycles. The molecule has 1 aromatic rings. The molecule has 0 aliphatic heterocycles. The smallest absolute Gasteiger partial charge is 0.206 e. The summed E-state index contributed by atoms with van der Waals surface area (Å²) >= 11 is 0. The van der Waals surface area contributed by atoms with E-state index in [4.69, 9.17) is 0 Å². The maximum absolute atomic E-state index is 10.8. The highest BCUT2D eigenvalue weighted by Crippen LogP contribution is 2.38. The summed E-state index contributed by atoms with van der Waals surface area (Å²) in [4.78, 5) is 3.50. The summed E-state index contributed by atoms with van der Waals surface area (Å²) < 4.78 is 21.6. The van der Waals surface area contributed by atoms with E-state index < -0.39 is 10.0 Å². The van der Waals surface area contributed by atoms with E-state index in [0.29, 0.717) is 5.92 Å². The Morgan fingerprint density at radius 2 is 2.31 bits per heavy atom. The highest BCUT2D eigenvalue weighted by atomic mass is 32.2. The van der Waals surface area contributed by atoms with Gasteiger partial charge in [0.25, 0.3) is 0 Å². The second-order valence-corrected chi connectivity index (χ2v) is 5.05. The van der Waals surface area contributed by atoms with Crippen molar-refractivity contribution in [1.29, 1.82) is 0 Å². The molecule has 0 saturated heterocycles. The van der Waals surface area contributed by atoms with Crippen LogP contribution in [-0.4, -0.2) is 24.6 Å². The third-order valence-electron chi connectivity index (χ3n) is 1.86. The summed E-state index contributed by atoms with van der Waals surface area (Å²) in [6, 6.07) is 1.84. The molecule has 6 heteroatoms. The van der Waals surface area contributed by atoms with Gasteiger partial charge < -0.3 is 0 Å². The lowest BCUT2D eigenvalue weighted by atomic mass is 10.3. The van der Waals surface area contributed by atoms with Crippen molar-refractivity contribution >= 4 is 10.0 Å². The summed E-state index contributed by atoms with van der Waals surface area (Å²) in [6.07, 6.45) is 5.05. The van der Waals surface area contributed by atoms with E-state index in [1.165, 1.54) is 4.79 Å². The first-order valence-electron chi connectivity index (χ1n) is 4.08. The molecular formula is C7H11N3O2S. The second kappa shape index (κ2) is 2.73. The Morgan fingerprint density at radius 3 is 2.85 bits per heavy atom. The second-order valence-electron chi connectivity index (χ2n) is 3.32. The molecule has 1 aliphatic carbocycles. The molecule has 0 atom stereocenters. The lowest BCUT2D eigenvalue weighted by Crippen LogP contribution is -2.22. The number of hydrogen-bond donors (Lipinski definition) is 1. The fraction of sp³-hybridized carbons (Fsp3) is 0.571. The van der Waals surface area contributed by atoms with E-state index >= 15 is 0 Å². The Hall–Kier alpha value is -1.04. The summed E-state index contributed by atoms with van der Waals surface area (Å²) in [5.41, 5.74) is 0.969. The zero-order valence-corrected chi connectivity index (χ0v) is 8.08. The average molecular weight is 201 g/mol. The Bertz CT molecular complexity index is 405. The summed E-state index contributed by atoms with van der Waals surface area (Å²) in [5.74, 6) is 0.544. The van der Waals surface area contributed by atoms with Crippen molar-refractivity contribution in [2.45, 2.75) is 18.8 Å². The van der Waals surface area contributed by atoms with Gasteiger partial charge in [0.15, 0.2) is 0 Å². The van der Waals surface area contributed by atoms with Crippen LogP contribution in [0.1, 0.15) is 24.5 Å². The Balaban J connectivity index is 2.13. The van der Waals surface area contributed by atoms with Crippen LogP contribution in [0.3, 0.4) is 0 Å². The molecule has 0 amide bonds. The van der Waals surface area contributed by atoms with Crippen molar-refractivity contribution in [1.82, 2.24) is 9.89 Å². The van der Waals surface area contributed by atoms with E-state index in [-0.39, 0.29) is 0 Å². The first kappa shape index (κ1) is 8.55. The van der Waals surface area contributed by atoms with E-state index in [2.05, 4.69) is 9.93 Å². The Labute approximate surface area is 76.8 Å².